The summed E-state index contributed by atoms with van der Waals surface area (Å²) in [6, 6.07) is 8.96. The highest BCUT2D eigenvalue weighted by Crippen LogP contribution is 2.24. The molecule has 0 bridgehead atoms. The van der Waals surface area contributed by atoms with E-state index in [0.717, 1.165) is 0 Å². The van der Waals surface area contributed by atoms with E-state index in [-0.39, 0.29) is 0 Å². The maximum Gasteiger partial charge on any atom is 0.405 e. The van der Waals surface area contributed by atoms with Crippen molar-refractivity contribution in [1.82, 2.24) is 5.32 Å². The summed E-state index contributed by atoms with van der Waals surface area (Å²) in [5.41, 5.74) is -0.219. The van der Waals surface area contributed by atoms with Crippen LogP contribution in [0.3, 0.4) is 0 Å². The Hall–Kier alpha value is -1.55. The van der Waals surface area contributed by atoms with Crippen LogP contribution in [0.25, 0.3) is 0 Å². The SMILES string of the molecule is CC(C)(NC(=O)O)C(O)c1ccccc1. The van der Waals surface area contributed by atoms with E-state index in [0.29, 0.717) is 5.56 Å². The van der Waals surface area contributed by atoms with E-state index >= 15 is 0 Å². The number of amides is 1. The van der Waals surface area contributed by atoms with Crippen LogP contribution in [0.5, 0.6) is 0 Å². The molecule has 82 valence electrons. The molecule has 1 aromatic rings. The Kier molecular flexibility index (Phi) is 3.31. The van der Waals surface area contributed by atoms with Gasteiger partial charge in [-0.25, -0.2) is 4.79 Å². The smallest absolute Gasteiger partial charge is 0.405 e. The van der Waals surface area contributed by atoms with Crippen LogP contribution in [0, 0.1) is 0 Å². The molecule has 0 saturated carbocycles. The van der Waals surface area contributed by atoms with Gasteiger partial charge in [0.05, 0.1) is 5.54 Å². The molecule has 0 fully saturated rings. The van der Waals surface area contributed by atoms with Gasteiger partial charge in [-0.05, 0) is 19.4 Å². The molecule has 1 rings (SSSR count). The number of aliphatic hydroxyl groups is 1. The molecule has 1 aromatic carbocycles. The van der Waals surface area contributed by atoms with E-state index in [1.165, 1.54) is 0 Å². The number of nitrogens with one attached hydrogen (secondary N) is 1. The highest BCUT2D eigenvalue weighted by Gasteiger charge is 2.30. The molecule has 0 aliphatic heterocycles. The molecule has 0 aromatic heterocycles. The van der Waals surface area contributed by atoms with Crippen LogP contribution in [-0.4, -0.2) is 21.8 Å². The van der Waals surface area contributed by atoms with Gasteiger partial charge in [0.25, 0.3) is 0 Å². The van der Waals surface area contributed by atoms with E-state index in [1.54, 1.807) is 38.1 Å². The van der Waals surface area contributed by atoms with E-state index < -0.39 is 17.7 Å². The maximum atomic E-state index is 10.5. The standard InChI is InChI=1S/C11H15NO3/c1-11(2,12-10(14)15)9(13)8-6-4-3-5-7-8/h3-7,9,12-13H,1-2H3,(H,14,15). The molecule has 1 amide bonds. The van der Waals surface area contributed by atoms with Crippen molar-refractivity contribution in [3.8, 4) is 0 Å². The second-order valence-electron chi connectivity index (χ2n) is 3.97. The lowest BCUT2D eigenvalue weighted by Crippen LogP contribution is -2.47. The Morgan fingerprint density at radius 1 is 1.33 bits per heavy atom. The van der Waals surface area contributed by atoms with E-state index in [1.807, 2.05) is 6.07 Å². The molecule has 15 heavy (non-hydrogen) atoms. The van der Waals surface area contributed by atoms with Crippen molar-refractivity contribution >= 4 is 6.09 Å². The minimum Gasteiger partial charge on any atom is -0.465 e. The van der Waals surface area contributed by atoms with Gasteiger partial charge in [0, 0.05) is 0 Å². The van der Waals surface area contributed by atoms with Crippen LogP contribution in [0.4, 0.5) is 4.79 Å². The van der Waals surface area contributed by atoms with Crippen molar-refractivity contribution in [3.63, 3.8) is 0 Å². The summed E-state index contributed by atoms with van der Waals surface area (Å²) in [5, 5.41) is 20.9. The summed E-state index contributed by atoms with van der Waals surface area (Å²) >= 11 is 0. The lowest BCUT2D eigenvalue weighted by atomic mass is 9.91. The first-order chi connectivity index (χ1) is 6.93. The third-order valence-corrected chi connectivity index (χ3v) is 2.23. The Morgan fingerprint density at radius 3 is 2.33 bits per heavy atom. The third kappa shape index (κ3) is 2.95. The van der Waals surface area contributed by atoms with Crippen LogP contribution in [0.1, 0.15) is 25.5 Å². The third-order valence-electron chi connectivity index (χ3n) is 2.23. The zero-order valence-corrected chi connectivity index (χ0v) is 8.77. The molecule has 0 radical (unpaired) electrons. The number of hydrogen-bond donors (Lipinski definition) is 3. The van der Waals surface area contributed by atoms with Crippen molar-refractivity contribution < 1.29 is 15.0 Å². The average Bonchev–Trinajstić information content (AvgIpc) is 2.16. The van der Waals surface area contributed by atoms with Gasteiger partial charge in [-0.2, -0.15) is 0 Å². The van der Waals surface area contributed by atoms with Crippen molar-refractivity contribution in [1.29, 1.82) is 0 Å². The summed E-state index contributed by atoms with van der Waals surface area (Å²) in [4.78, 5) is 10.5. The van der Waals surface area contributed by atoms with Crippen molar-refractivity contribution in [2.24, 2.45) is 0 Å². The molecule has 0 spiro atoms. The fourth-order valence-electron chi connectivity index (χ4n) is 1.40. The average molecular weight is 209 g/mol. The first-order valence-electron chi connectivity index (χ1n) is 4.67. The monoisotopic (exact) mass is 209 g/mol. The van der Waals surface area contributed by atoms with Gasteiger partial charge in [0.2, 0.25) is 0 Å². The fourth-order valence-corrected chi connectivity index (χ4v) is 1.40. The lowest BCUT2D eigenvalue weighted by Gasteiger charge is -2.30. The number of rotatable bonds is 3. The van der Waals surface area contributed by atoms with Crippen LogP contribution in [0.2, 0.25) is 0 Å². The van der Waals surface area contributed by atoms with Crippen molar-refractivity contribution in [2.45, 2.75) is 25.5 Å². The topological polar surface area (TPSA) is 69.6 Å². The number of benzene rings is 1. The van der Waals surface area contributed by atoms with Gasteiger partial charge in [-0.1, -0.05) is 30.3 Å². The molecule has 1 atom stereocenters. The second-order valence-corrected chi connectivity index (χ2v) is 3.97. The maximum absolute atomic E-state index is 10.5. The summed E-state index contributed by atoms with van der Waals surface area (Å²) < 4.78 is 0. The van der Waals surface area contributed by atoms with Crippen LogP contribution < -0.4 is 5.32 Å². The molecule has 0 heterocycles. The predicted molar refractivity (Wildman–Crippen MR) is 56.6 cm³/mol. The van der Waals surface area contributed by atoms with Crippen molar-refractivity contribution in [2.75, 3.05) is 0 Å². The van der Waals surface area contributed by atoms with Crippen molar-refractivity contribution in [3.05, 3.63) is 35.9 Å². The molecule has 3 N–H and O–H groups in total. The molecule has 4 nitrogen and oxygen atoms in total. The van der Waals surface area contributed by atoms with Gasteiger partial charge >= 0.3 is 6.09 Å². The Bertz CT molecular complexity index is 335. The quantitative estimate of drug-likeness (QED) is 0.710. The van der Waals surface area contributed by atoms with Gasteiger partial charge in [0.1, 0.15) is 6.10 Å². The summed E-state index contributed by atoms with van der Waals surface area (Å²) in [6.45, 7) is 3.28. The molecule has 0 saturated heterocycles. The Labute approximate surface area is 88.6 Å². The van der Waals surface area contributed by atoms with Gasteiger partial charge < -0.3 is 15.5 Å². The zero-order valence-electron chi connectivity index (χ0n) is 8.77. The van der Waals surface area contributed by atoms with Gasteiger partial charge in [-0.3, -0.25) is 0 Å². The Morgan fingerprint density at radius 2 is 1.87 bits per heavy atom. The van der Waals surface area contributed by atoms with E-state index in [2.05, 4.69) is 5.32 Å². The zero-order chi connectivity index (χ0) is 11.5. The highest BCUT2D eigenvalue weighted by atomic mass is 16.4. The molecule has 0 aliphatic carbocycles. The van der Waals surface area contributed by atoms with Crippen LogP contribution in [-0.2, 0) is 0 Å². The van der Waals surface area contributed by atoms with E-state index in [9.17, 15) is 9.90 Å². The van der Waals surface area contributed by atoms with Crippen LogP contribution in [0.15, 0.2) is 30.3 Å². The van der Waals surface area contributed by atoms with E-state index in [4.69, 9.17) is 5.11 Å². The van der Waals surface area contributed by atoms with Gasteiger partial charge in [-0.15, -0.1) is 0 Å². The number of hydrogen-bond acceptors (Lipinski definition) is 2. The number of aliphatic hydroxyl groups excluding tert-OH is 1. The minimum atomic E-state index is -1.14. The van der Waals surface area contributed by atoms with Crippen LogP contribution >= 0.6 is 0 Å². The molecular weight excluding hydrogens is 194 g/mol. The number of carbonyl (C=O) groups is 1. The minimum absolute atomic E-state index is 0.691. The summed E-state index contributed by atoms with van der Waals surface area (Å²) in [7, 11) is 0. The lowest BCUT2D eigenvalue weighted by molar-refractivity contribution is 0.0777. The van der Waals surface area contributed by atoms with Gasteiger partial charge in [0.15, 0.2) is 0 Å². The molecule has 4 heteroatoms. The summed E-state index contributed by atoms with van der Waals surface area (Å²) in [5.74, 6) is 0. The molecular formula is C11H15NO3. The summed E-state index contributed by atoms with van der Waals surface area (Å²) in [6.07, 6.45) is -2.01. The normalized spacial score (nSPS) is 13.3. The predicted octanol–water partition coefficient (Wildman–Crippen LogP) is 1.77. The molecule has 0 aliphatic rings. The molecule has 1 unspecified atom stereocenters. The highest BCUT2D eigenvalue weighted by molar-refractivity contribution is 5.65. The first kappa shape index (κ1) is 11.5. The Balaban J connectivity index is 2.84. The number of carboxylic acid groups (broad SMARTS) is 1. The second kappa shape index (κ2) is 4.31. The fraction of sp³-hybridized carbons (Fsp3) is 0.364. The first-order valence-corrected chi connectivity index (χ1v) is 4.67. The largest absolute Gasteiger partial charge is 0.465 e.